The van der Waals surface area contributed by atoms with Crippen LogP contribution < -0.4 is 27.0 Å². The average molecular weight is 1450 g/mol. The summed E-state index contributed by atoms with van der Waals surface area (Å²) in [5.74, 6) is -11.5. The number of fused-ring (bicyclic) bond motifs is 2. The van der Waals surface area contributed by atoms with Crippen molar-refractivity contribution in [2.45, 2.75) is 114 Å². The van der Waals surface area contributed by atoms with Gasteiger partial charge in [0.1, 0.15) is 13.5 Å². The number of para-hydroxylation sites is 1. The molecule has 7 rings (SSSR count). The first-order valence-electron chi connectivity index (χ1n) is 34.7. The number of rotatable bonds is 30. The highest BCUT2D eigenvalue weighted by Gasteiger charge is 2.38. The van der Waals surface area contributed by atoms with E-state index in [2.05, 4.69) is 26.3 Å². The van der Waals surface area contributed by atoms with E-state index >= 15 is 19.2 Å². The van der Waals surface area contributed by atoms with Crippen LogP contribution >= 0.6 is 21.6 Å². The predicted molar refractivity (Wildman–Crippen MR) is 386 cm³/mol. The minimum Gasteiger partial charge on any atom is -0.480 e. The monoisotopic (exact) mass is 1450 g/mol. The van der Waals surface area contributed by atoms with Crippen molar-refractivity contribution in [1.82, 2.24) is 45.9 Å². The highest BCUT2D eigenvalue weighted by molar-refractivity contribution is 8.76. The number of aromatic nitrogens is 1. The van der Waals surface area contributed by atoms with Crippen LogP contribution in [0, 0.1) is 23.7 Å². The summed E-state index contributed by atoms with van der Waals surface area (Å²) in [6.07, 6.45) is -2.02. The highest BCUT2D eigenvalue weighted by atomic mass is 33.1. The van der Waals surface area contributed by atoms with Crippen LogP contribution in [0.4, 0.5) is 0 Å². The number of hydrogen-bond acceptors (Lipinski definition) is 23. The van der Waals surface area contributed by atoms with Gasteiger partial charge in [0.05, 0.1) is 61.3 Å². The van der Waals surface area contributed by atoms with E-state index in [4.69, 9.17) is 15.2 Å². The number of nitrogens with two attached hydrogens (primary N) is 1. The Morgan fingerprint density at radius 1 is 0.667 bits per heavy atom. The number of carbonyl (C=O) groups is 11. The van der Waals surface area contributed by atoms with Gasteiger partial charge < -0.3 is 61.9 Å². The number of benzene rings is 4. The van der Waals surface area contributed by atoms with Crippen LogP contribution in [0.15, 0.2) is 103 Å². The van der Waals surface area contributed by atoms with Crippen LogP contribution in [0.5, 0.6) is 0 Å². The molecule has 2 saturated heterocycles. The Morgan fingerprint density at radius 3 is 1.90 bits per heavy atom. The second-order valence-electron chi connectivity index (χ2n) is 26.4. The summed E-state index contributed by atoms with van der Waals surface area (Å²) in [7, 11) is 2.13. The first kappa shape index (κ1) is 81.3. The van der Waals surface area contributed by atoms with Crippen molar-refractivity contribution in [2.24, 2.45) is 29.4 Å². The number of amides is 4. The third-order valence-electron chi connectivity index (χ3n) is 18.7. The summed E-state index contributed by atoms with van der Waals surface area (Å²) in [4.78, 5) is 165. The number of carboxylic acids is 1. The zero-order valence-electron chi connectivity index (χ0n) is 57.9. The van der Waals surface area contributed by atoms with Gasteiger partial charge in [0.2, 0.25) is 23.6 Å². The number of ketones is 4. The fourth-order valence-corrected chi connectivity index (χ4v) is 15.1. The molecule has 2 aliphatic rings. The zero-order valence-corrected chi connectivity index (χ0v) is 59.5. The van der Waals surface area contributed by atoms with Gasteiger partial charge in [-0.05, 0) is 92.4 Å². The van der Waals surface area contributed by atoms with E-state index < -0.39 is 145 Å². The number of nitrogens with one attached hydrogen (secondary N) is 5. The summed E-state index contributed by atoms with van der Waals surface area (Å²) < 4.78 is 10.2. The molecule has 102 heavy (non-hydrogen) atoms. The van der Waals surface area contributed by atoms with Gasteiger partial charge in [-0.25, -0.2) is 0 Å². The van der Waals surface area contributed by atoms with Gasteiger partial charge in [-0.2, -0.15) is 0 Å². The Labute approximate surface area is 601 Å². The van der Waals surface area contributed by atoms with Crippen molar-refractivity contribution in [1.29, 1.82) is 0 Å². The Kier molecular flexibility index (Phi) is 34.0. The fourth-order valence-electron chi connectivity index (χ4n) is 12.6. The number of aliphatic hydroxyl groups is 3. The van der Waals surface area contributed by atoms with Gasteiger partial charge in [0.15, 0.2) is 23.1 Å². The number of nitrogens with zero attached hydrogens (tertiary/aromatic N) is 4. The van der Waals surface area contributed by atoms with E-state index in [1.54, 1.807) is 46.3 Å². The number of aliphatic hydroxyl groups excluding tert-OH is 3. The van der Waals surface area contributed by atoms with E-state index in [0.29, 0.717) is 62.1 Å². The smallest absolute Gasteiger partial charge is 0.317 e. The van der Waals surface area contributed by atoms with Crippen molar-refractivity contribution in [2.75, 3.05) is 104 Å². The topological polar surface area (TPSA) is 390 Å². The second kappa shape index (κ2) is 42.6. The summed E-state index contributed by atoms with van der Waals surface area (Å²) in [5.41, 5.74) is 8.66. The maximum absolute atomic E-state index is 15.6. The molecule has 5 aromatic rings. The zero-order chi connectivity index (χ0) is 73.5. The molecule has 4 aromatic carbocycles. The minimum absolute atomic E-state index is 0.0171. The molecule has 2 fully saturated rings. The van der Waals surface area contributed by atoms with Crippen molar-refractivity contribution >= 4 is 109 Å². The molecule has 0 bridgehead atoms. The standard InChI is InChI=1S/C73H98N10O17S2/c1-48(87)56(41-84)35-67(91)64-43-102-101-42-57(36-66(90)62(31-50-12-4-3-5-13-50)76-69(93)39-80-22-23-81(40-70(94)95)25-27-83(45-100-47-86)29-28-82(26-24-80)44-99-46-85)72(97)78-63(32-51-19-20-52-14-6-7-15-53(52)30-51)65(89)34-54(33-55-38-75-60-17-9-8-16-58(55)60)71(96)77-61(18-10-11-21-74)68(92)37-59(49(2)88)73(98)79-64/h3-9,12-17,19-20,30,38,46-49,54,56-57,59,61-64,75,84,87-88H,10-11,18,21-29,31-37,39-45,74H2,1-2H3,(H,76,93)(H,77,96)(H,78,97)(H,79,98)(H,94,95)/t48-,49-,54+,56-,57+,59+,61+,62-,63+,64+/m1/s1. The molecule has 0 unspecified atom stereocenters. The molecular formula is C73H98N10O17S2. The van der Waals surface area contributed by atoms with Crippen LogP contribution in [-0.2, 0) is 81.5 Å². The lowest BCUT2D eigenvalue weighted by Crippen LogP contribution is -2.51. The number of aliphatic carboxylic acids is 1. The van der Waals surface area contributed by atoms with Crippen molar-refractivity contribution in [3.05, 3.63) is 120 Å². The van der Waals surface area contributed by atoms with Crippen LogP contribution in [0.2, 0.25) is 0 Å². The van der Waals surface area contributed by atoms with E-state index in [0.717, 1.165) is 43.3 Å². The quantitative estimate of drug-likeness (QED) is 0.0179. The molecule has 27 nitrogen and oxygen atoms in total. The molecule has 1 aromatic heterocycles. The van der Waals surface area contributed by atoms with Crippen LogP contribution in [0.25, 0.3) is 21.7 Å². The number of aromatic amines is 1. The Morgan fingerprint density at radius 2 is 1.26 bits per heavy atom. The lowest BCUT2D eigenvalue weighted by molar-refractivity contribution is -0.139. The minimum atomic E-state index is -1.46. The lowest BCUT2D eigenvalue weighted by atomic mass is 9.87. The second-order valence-corrected chi connectivity index (χ2v) is 28.9. The summed E-state index contributed by atoms with van der Waals surface area (Å²) in [5, 5.41) is 56.1. The molecule has 0 radical (unpaired) electrons. The number of ether oxygens (including phenoxy) is 2. The van der Waals surface area contributed by atoms with E-state index in [1.165, 1.54) is 13.8 Å². The maximum Gasteiger partial charge on any atom is 0.317 e. The molecule has 0 spiro atoms. The Balaban J connectivity index is 1.27. The average Bonchev–Trinajstić information content (AvgIpc) is 1.48. The van der Waals surface area contributed by atoms with Gasteiger partial charge in [-0.15, -0.1) is 0 Å². The van der Waals surface area contributed by atoms with Gasteiger partial charge in [-0.1, -0.05) is 113 Å². The van der Waals surface area contributed by atoms with E-state index in [-0.39, 0.29) is 103 Å². The molecule has 554 valence electrons. The highest BCUT2D eigenvalue weighted by Crippen LogP contribution is 2.30. The molecule has 0 saturated carbocycles. The van der Waals surface area contributed by atoms with Crippen molar-refractivity contribution < 1.29 is 82.6 Å². The number of H-pyrrole nitrogens is 1. The van der Waals surface area contributed by atoms with Crippen LogP contribution in [0.3, 0.4) is 0 Å². The van der Waals surface area contributed by atoms with Crippen molar-refractivity contribution in [3.8, 4) is 0 Å². The summed E-state index contributed by atoms with van der Waals surface area (Å²) in [6, 6.07) is 24.3. The Bertz CT molecular complexity index is 3590. The van der Waals surface area contributed by atoms with Gasteiger partial charge in [-0.3, -0.25) is 72.3 Å². The normalized spacial score (nSPS) is 21.9. The number of hydrogen-bond donors (Lipinski definition) is 10. The predicted octanol–water partition coefficient (Wildman–Crippen LogP) is 2.43. The lowest BCUT2D eigenvalue weighted by Gasteiger charge is -2.33. The molecule has 29 heteroatoms. The largest absolute Gasteiger partial charge is 0.480 e. The number of Topliss-reactive ketones (excluding diaryl/α,β-unsaturated/α-hetero) is 4. The molecule has 11 N–H and O–H groups in total. The number of carbonyl (C=O) groups excluding carboxylic acids is 10. The van der Waals surface area contributed by atoms with Gasteiger partial charge in [0, 0.05) is 125 Å². The van der Waals surface area contributed by atoms with E-state index in [9.17, 15) is 54.0 Å². The van der Waals surface area contributed by atoms with Crippen LogP contribution in [-0.4, -0.2) is 251 Å². The third-order valence-corrected chi connectivity index (χ3v) is 21.2. The maximum atomic E-state index is 15.6. The number of carboxylic acid groups (broad SMARTS) is 1. The summed E-state index contributed by atoms with van der Waals surface area (Å²) >= 11 is 0. The van der Waals surface area contributed by atoms with Gasteiger partial charge >= 0.3 is 5.97 Å². The molecule has 0 aliphatic carbocycles. The Hall–Kier alpha value is -7.97. The number of unbranched alkanes of at least 4 members (excludes halogenated alkanes) is 1. The fraction of sp³-hybridized carbons (Fsp3) is 0.521. The molecular weight excluding hydrogens is 1350 g/mol. The summed E-state index contributed by atoms with van der Waals surface area (Å²) in [6.45, 7) is 4.27. The molecule has 3 heterocycles. The third kappa shape index (κ3) is 26.4. The SMILES string of the molecule is C[C@@H](O)[C@@H](CO)CC(=O)[C@@H]1CSSC[C@H](CC(=O)[C@@H](Cc2ccccc2)NC(=O)CN2CCN(COC=O)CCN(COC=O)CCN(CC(=O)O)CC2)C(=O)N[C@@H](Cc2ccc3ccccc3c2)C(=O)C[C@H](Cc2c[nH]c3ccccc23)C(=O)N[C@@H](CCCCN)C(=O)C[C@@H]([C@@H](C)O)C(=O)N1. The molecule has 2 aliphatic heterocycles. The first-order chi connectivity index (χ1) is 49.1. The molecule has 4 amide bonds. The first-order valence-corrected chi connectivity index (χ1v) is 37.1. The van der Waals surface area contributed by atoms with E-state index in [1.807, 2.05) is 76.5 Å². The van der Waals surface area contributed by atoms with Crippen molar-refractivity contribution in [3.63, 3.8) is 0 Å². The van der Waals surface area contributed by atoms with Crippen LogP contribution in [0.1, 0.15) is 75.5 Å². The molecule has 10 atom stereocenters. The van der Waals surface area contributed by atoms with Gasteiger partial charge in [0.25, 0.3) is 12.9 Å².